The first-order valence-corrected chi connectivity index (χ1v) is 5.03. The molecular formula is C10H19BrMgO3. The van der Waals surface area contributed by atoms with Crippen molar-refractivity contribution in [3.63, 3.8) is 0 Å². The number of hydrogen-bond acceptors (Lipinski definition) is 3. The van der Waals surface area contributed by atoms with E-state index in [2.05, 4.69) is 6.92 Å². The van der Waals surface area contributed by atoms with E-state index in [0.717, 1.165) is 39.3 Å². The largest absolute Gasteiger partial charge is 2.00 e. The summed E-state index contributed by atoms with van der Waals surface area (Å²) in [6.07, 6.45) is 4.28. The van der Waals surface area contributed by atoms with Crippen molar-refractivity contribution >= 4 is 23.1 Å². The van der Waals surface area contributed by atoms with E-state index in [9.17, 15) is 0 Å². The summed E-state index contributed by atoms with van der Waals surface area (Å²) in [5.74, 6) is 0. The van der Waals surface area contributed by atoms with Crippen LogP contribution in [0.3, 0.4) is 0 Å². The topological polar surface area (TPSA) is 27.7 Å². The summed E-state index contributed by atoms with van der Waals surface area (Å²) < 4.78 is 15.2. The van der Waals surface area contributed by atoms with E-state index in [1.165, 1.54) is 12.8 Å². The van der Waals surface area contributed by atoms with Gasteiger partial charge in [0.25, 0.3) is 0 Å². The van der Waals surface area contributed by atoms with Gasteiger partial charge in [0.15, 0.2) is 0 Å². The molecule has 3 nitrogen and oxygen atoms in total. The molecule has 2 rings (SSSR count). The van der Waals surface area contributed by atoms with Crippen molar-refractivity contribution in [1.82, 2.24) is 0 Å². The van der Waals surface area contributed by atoms with Crippen LogP contribution in [0.5, 0.6) is 0 Å². The summed E-state index contributed by atoms with van der Waals surface area (Å²) in [7, 11) is 0. The van der Waals surface area contributed by atoms with Crippen molar-refractivity contribution in [1.29, 1.82) is 0 Å². The summed E-state index contributed by atoms with van der Waals surface area (Å²) in [5, 5.41) is 0. The molecule has 0 aromatic heterocycles. The maximum Gasteiger partial charge on any atom is 2.00 e. The molecule has 0 unspecified atom stereocenters. The van der Waals surface area contributed by atoms with Crippen LogP contribution in [-0.2, 0) is 14.2 Å². The van der Waals surface area contributed by atoms with Crippen LogP contribution in [0.15, 0.2) is 0 Å². The predicted octanol–water partition coefficient (Wildman–Crippen LogP) is -1.61. The molecule has 0 saturated carbocycles. The minimum Gasteiger partial charge on any atom is -1.00 e. The molecule has 86 valence electrons. The van der Waals surface area contributed by atoms with E-state index in [4.69, 9.17) is 14.2 Å². The normalized spacial score (nSPS) is 20.6. The average Bonchev–Trinajstić information content (AvgIpc) is 2.77. The van der Waals surface area contributed by atoms with E-state index >= 15 is 0 Å². The fraction of sp³-hybridized carbons (Fsp3) is 0.900. The smallest absolute Gasteiger partial charge is 1.00 e. The molecule has 0 N–H and O–H groups in total. The molecule has 0 atom stereocenters. The number of hydrogen-bond donors (Lipinski definition) is 0. The zero-order valence-corrected chi connectivity index (χ0v) is 12.3. The van der Waals surface area contributed by atoms with Crippen LogP contribution >= 0.6 is 0 Å². The second-order valence-electron chi connectivity index (χ2n) is 3.13. The molecule has 2 aliphatic rings. The van der Waals surface area contributed by atoms with E-state index in [0.29, 0.717) is 0 Å². The first kappa shape index (κ1) is 18.5. The molecule has 2 saturated heterocycles. The van der Waals surface area contributed by atoms with Gasteiger partial charge >= 0.3 is 23.1 Å². The van der Waals surface area contributed by atoms with Gasteiger partial charge in [-0.15, -0.1) is 6.42 Å². The number of rotatable bonds is 1. The Morgan fingerprint density at radius 1 is 0.933 bits per heavy atom. The van der Waals surface area contributed by atoms with E-state index in [1.807, 2.05) is 0 Å². The van der Waals surface area contributed by atoms with Gasteiger partial charge in [-0.3, -0.25) is 0 Å². The number of halogens is 1. The second-order valence-corrected chi connectivity index (χ2v) is 3.13. The van der Waals surface area contributed by atoms with Gasteiger partial charge in [-0.25, -0.2) is 0 Å². The van der Waals surface area contributed by atoms with Crippen LogP contribution in [0.1, 0.15) is 25.7 Å². The third kappa shape index (κ3) is 10.0. The Morgan fingerprint density at radius 2 is 1.47 bits per heavy atom. The van der Waals surface area contributed by atoms with Gasteiger partial charge < -0.3 is 38.1 Å². The van der Waals surface area contributed by atoms with Gasteiger partial charge in [0.2, 0.25) is 0 Å². The minimum absolute atomic E-state index is 0. The Hall–Kier alpha value is 1.13. The molecule has 0 amide bonds. The molecule has 0 spiro atoms. The van der Waals surface area contributed by atoms with Gasteiger partial charge in [-0.05, 0) is 19.3 Å². The molecule has 0 radical (unpaired) electrons. The van der Waals surface area contributed by atoms with Gasteiger partial charge in [0, 0.05) is 13.2 Å². The van der Waals surface area contributed by atoms with Crippen molar-refractivity contribution in [2.24, 2.45) is 0 Å². The van der Waals surface area contributed by atoms with Crippen LogP contribution in [0.25, 0.3) is 0 Å². The van der Waals surface area contributed by atoms with Crippen molar-refractivity contribution < 1.29 is 31.2 Å². The standard InChI is InChI=1S/C6H11O2.C4H8O.BrH.Mg/c1-2-6-7-4-3-5-8-6;1-2-4-5-3-1;;/h6H,1-5H2;1-4H2;1H;/q-1;;;+2/p-1. The van der Waals surface area contributed by atoms with Crippen LogP contribution in [0.2, 0.25) is 0 Å². The fourth-order valence-corrected chi connectivity index (χ4v) is 1.21. The third-order valence-electron chi connectivity index (χ3n) is 1.96. The molecule has 15 heavy (non-hydrogen) atoms. The summed E-state index contributed by atoms with van der Waals surface area (Å²) in [6.45, 7) is 7.33. The van der Waals surface area contributed by atoms with Crippen LogP contribution in [-0.4, -0.2) is 55.8 Å². The molecule has 2 aliphatic heterocycles. The first-order chi connectivity index (χ1) is 6.43. The molecule has 5 heteroatoms. The summed E-state index contributed by atoms with van der Waals surface area (Å²) in [5.41, 5.74) is 0. The Balaban J connectivity index is 0. The molecule has 0 aromatic rings. The molecule has 0 aliphatic carbocycles. The first-order valence-electron chi connectivity index (χ1n) is 5.03. The van der Waals surface area contributed by atoms with E-state index in [-0.39, 0.29) is 46.3 Å². The predicted molar refractivity (Wildman–Crippen MR) is 56.1 cm³/mol. The van der Waals surface area contributed by atoms with Gasteiger partial charge in [-0.1, -0.05) is 0 Å². The molecule has 0 bridgehead atoms. The maximum atomic E-state index is 5.14. The third-order valence-corrected chi connectivity index (χ3v) is 1.96. The van der Waals surface area contributed by atoms with E-state index < -0.39 is 0 Å². The van der Waals surface area contributed by atoms with Crippen LogP contribution in [0.4, 0.5) is 0 Å². The fourth-order valence-electron chi connectivity index (χ4n) is 1.21. The molecular weight excluding hydrogens is 272 g/mol. The van der Waals surface area contributed by atoms with Gasteiger partial charge in [-0.2, -0.15) is 0 Å². The van der Waals surface area contributed by atoms with Crippen molar-refractivity contribution in [2.45, 2.75) is 32.0 Å². The molecule has 2 fully saturated rings. The average molecular weight is 291 g/mol. The molecule has 2 heterocycles. The Bertz CT molecular complexity index is 110. The second kappa shape index (κ2) is 13.2. The van der Waals surface area contributed by atoms with E-state index in [1.54, 1.807) is 0 Å². The SMILES string of the molecule is C1CCOC1.[Br-].[CH2-]CC1OCCCO1.[Mg+2]. The monoisotopic (exact) mass is 290 g/mol. The summed E-state index contributed by atoms with van der Waals surface area (Å²) in [4.78, 5) is 0. The van der Waals surface area contributed by atoms with Crippen LogP contribution < -0.4 is 17.0 Å². The van der Waals surface area contributed by atoms with Gasteiger partial charge in [0.05, 0.1) is 13.2 Å². The Labute approximate surface area is 119 Å². The summed E-state index contributed by atoms with van der Waals surface area (Å²) in [6, 6.07) is 0. The quantitative estimate of drug-likeness (QED) is 0.430. The zero-order chi connectivity index (χ0) is 9.36. The zero-order valence-electron chi connectivity index (χ0n) is 9.25. The number of ether oxygens (including phenoxy) is 3. The minimum atomic E-state index is -0.0243. The van der Waals surface area contributed by atoms with Crippen molar-refractivity contribution in [3.8, 4) is 0 Å². The Morgan fingerprint density at radius 3 is 1.73 bits per heavy atom. The summed E-state index contributed by atoms with van der Waals surface area (Å²) >= 11 is 0. The van der Waals surface area contributed by atoms with Crippen molar-refractivity contribution in [3.05, 3.63) is 6.92 Å². The van der Waals surface area contributed by atoms with Crippen molar-refractivity contribution in [2.75, 3.05) is 26.4 Å². The molecule has 0 aromatic carbocycles. The van der Waals surface area contributed by atoms with Crippen LogP contribution in [0, 0.1) is 6.92 Å². The maximum absolute atomic E-state index is 5.14. The Kier molecular flexibility index (Phi) is 16.3. The van der Waals surface area contributed by atoms with Gasteiger partial charge in [0.1, 0.15) is 6.29 Å².